The highest BCUT2D eigenvalue weighted by atomic mass is 19.4. The largest absolute Gasteiger partial charge is 0.468 e. The van der Waals surface area contributed by atoms with Gasteiger partial charge < -0.3 is 19.1 Å². The SMILES string of the molecule is Cc1occ(C(F)(F)F)c1C(=O)N1CCC(c2ccc(NC(=O)/C=C/c3cc4ccccc4o3)cc2)CC1. The fraction of sp³-hybridized carbons (Fsp3) is 0.241. The molecule has 1 fully saturated rings. The van der Waals surface area contributed by atoms with Gasteiger partial charge in [0.1, 0.15) is 28.9 Å². The van der Waals surface area contributed by atoms with Crippen molar-refractivity contribution < 1.29 is 31.6 Å². The Balaban J connectivity index is 1.16. The molecule has 3 heterocycles. The minimum atomic E-state index is -4.65. The molecule has 2 amide bonds. The van der Waals surface area contributed by atoms with Crippen LogP contribution in [0, 0.1) is 6.92 Å². The van der Waals surface area contributed by atoms with Crippen molar-refractivity contribution in [3.05, 3.63) is 95.1 Å². The summed E-state index contributed by atoms with van der Waals surface area (Å²) in [6.07, 6.45) is 0.212. The fourth-order valence-corrected chi connectivity index (χ4v) is 4.77. The number of nitrogens with one attached hydrogen (secondary N) is 1. The number of anilines is 1. The lowest BCUT2D eigenvalue weighted by Gasteiger charge is -2.32. The van der Waals surface area contributed by atoms with Crippen LogP contribution >= 0.6 is 0 Å². The summed E-state index contributed by atoms with van der Waals surface area (Å²) in [5.74, 6) is -0.244. The maximum absolute atomic E-state index is 13.3. The zero-order chi connectivity index (χ0) is 26.9. The third-order valence-corrected chi connectivity index (χ3v) is 6.77. The number of halogens is 3. The average Bonchev–Trinajstić information content (AvgIpc) is 3.51. The first-order valence-electron chi connectivity index (χ1n) is 12.2. The molecule has 1 aliphatic heterocycles. The number of carbonyl (C=O) groups excluding carboxylic acids is 2. The van der Waals surface area contributed by atoms with Gasteiger partial charge in [-0.25, -0.2) is 0 Å². The molecule has 1 aliphatic rings. The molecule has 38 heavy (non-hydrogen) atoms. The van der Waals surface area contributed by atoms with Crippen molar-refractivity contribution in [1.82, 2.24) is 4.90 Å². The third-order valence-electron chi connectivity index (χ3n) is 6.77. The molecule has 0 aliphatic carbocycles. The number of likely N-dealkylation sites (tertiary alicyclic amines) is 1. The lowest BCUT2D eigenvalue weighted by molar-refractivity contribution is -0.138. The number of fused-ring (bicyclic) bond motifs is 1. The number of carbonyl (C=O) groups is 2. The van der Waals surface area contributed by atoms with Crippen LogP contribution < -0.4 is 5.32 Å². The van der Waals surface area contributed by atoms with Gasteiger partial charge in [-0.2, -0.15) is 13.2 Å². The van der Waals surface area contributed by atoms with Crippen molar-refractivity contribution in [3.8, 4) is 0 Å². The van der Waals surface area contributed by atoms with E-state index in [9.17, 15) is 22.8 Å². The third kappa shape index (κ3) is 5.37. The van der Waals surface area contributed by atoms with Crippen molar-refractivity contribution in [2.24, 2.45) is 0 Å². The summed E-state index contributed by atoms with van der Waals surface area (Å²) in [5, 5.41) is 3.77. The number of hydrogen-bond acceptors (Lipinski definition) is 4. The van der Waals surface area contributed by atoms with E-state index in [4.69, 9.17) is 8.83 Å². The highest BCUT2D eigenvalue weighted by Crippen LogP contribution is 2.36. The van der Waals surface area contributed by atoms with Crippen LogP contribution in [0.25, 0.3) is 17.0 Å². The van der Waals surface area contributed by atoms with E-state index in [0.717, 1.165) is 16.5 Å². The summed E-state index contributed by atoms with van der Waals surface area (Å²) < 4.78 is 50.4. The summed E-state index contributed by atoms with van der Waals surface area (Å²) in [4.78, 5) is 26.6. The lowest BCUT2D eigenvalue weighted by Crippen LogP contribution is -2.38. The van der Waals surface area contributed by atoms with E-state index in [1.54, 1.807) is 6.08 Å². The number of furan rings is 2. The number of nitrogens with zero attached hydrogens (tertiary/aromatic N) is 1. The minimum absolute atomic E-state index is 0.0329. The Morgan fingerprint density at radius 1 is 1.05 bits per heavy atom. The maximum atomic E-state index is 13.3. The van der Waals surface area contributed by atoms with Gasteiger partial charge >= 0.3 is 6.18 Å². The second-order valence-corrected chi connectivity index (χ2v) is 9.28. The Labute approximate surface area is 216 Å². The van der Waals surface area contributed by atoms with Crippen LogP contribution in [0.3, 0.4) is 0 Å². The van der Waals surface area contributed by atoms with Crippen LogP contribution in [0.5, 0.6) is 0 Å². The Morgan fingerprint density at radius 2 is 1.76 bits per heavy atom. The van der Waals surface area contributed by atoms with Crippen molar-refractivity contribution >= 4 is 34.5 Å². The highest BCUT2D eigenvalue weighted by Gasteiger charge is 2.40. The first kappa shape index (κ1) is 25.4. The van der Waals surface area contributed by atoms with E-state index in [1.807, 2.05) is 54.6 Å². The molecule has 196 valence electrons. The standard InChI is InChI=1S/C29H25F3N2O4/c1-18-27(24(17-37-18)29(30,31)32)28(36)34-14-12-20(13-15-34)19-6-8-22(9-7-19)33-26(35)11-10-23-16-21-4-2-3-5-25(21)38-23/h2-11,16-17,20H,12-15H2,1H3,(H,33,35)/b11-10+. The average molecular weight is 523 g/mol. The number of aryl methyl sites for hydroxylation is 1. The van der Waals surface area contributed by atoms with Gasteiger partial charge in [-0.15, -0.1) is 0 Å². The zero-order valence-corrected chi connectivity index (χ0v) is 20.5. The van der Waals surface area contributed by atoms with Gasteiger partial charge in [-0.3, -0.25) is 9.59 Å². The van der Waals surface area contributed by atoms with E-state index in [1.165, 1.54) is 17.9 Å². The van der Waals surface area contributed by atoms with E-state index in [-0.39, 0.29) is 17.6 Å². The fourth-order valence-electron chi connectivity index (χ4n) is 4.77. The van der Waals surface area contributed by atoms with Crippen LogP contribution in [-0.2, 0) is 11.0 Å². The molecular formula is C29H25F3N2O4. The quantitative estimate of drug-likeness (QED) is 0.286. The Bertz CT molecular complexity index is 1460. The predicted octanol–water partition coefficient (Wildman–Crippen LogP) is 7.02. The molecule has 0 unspecified atom stereocenters. The summed E-state index contributed by atoms with van der Waals surface area (Å²) in [7, 11) is 0. The number of piperidine rings is 1. The topological polar surface area (TPSA) is 75.7 Å². The molecule has 6 nitrogen and oxygen atoms in total. The predicted molar refractivity (Wildman–Crippen MR) is 137 cm³/mol. The molecule has 2 aromatic carbocycles. The Morgan fingerprint density at radius 3 is 2.45 bits per heavy atom. The normalized spacial score (nSPS) is 14.9. The van der Waals surface area contributed by atoms with Crippen molar-refractivity contribution in [3.63, 3.8) is 0 Å². The summed E-state index contributed by atoms with van der Waals surface area (Å²) in [6.45, 7) is 2.05. The molecule has 2 aromatic heterocycles. The van der Waals surface area contributed by atoms with Crippen LogP contribution in [0.2, 0.25) is 0 Å². The van der Waals surface area contributed by atoms with Crippen molar-refractivity contribution in [2.45, 2.75) is 31.9 Å². The number of alkyl halides is 3. The number of para-hydroxylation sites is 1. The van der Waals surface area contributed by atoms with Gasteiger partial charge in [-0.05, 0) is 61.6 Å². The van der Waals surface area contributed by atoms with E-state index < -0.39 is 23.2 Å². The van der Waals surface area contributed by atoms with Gasteiger partial charge in [0.05, 0.1) is 5.56 Å². The van der Waals surface area contributed by atoms with Gasteiger partial charge in [0.25, 0.3) is 5.91 Å². The summed E-state index contributed by atoms with van der Waals surface area (Å²) in [5.41, 5.74) is 0.984. The Hall–Kier alpha value is -4.27. The van der Waals surface area contributed by atoms with E-state index in [0.29, 0.717) is 43.6 Å². The number of benzene rings is 2. The van der Waals surface area contributed by atoms with Gasteiger partial charge in [-0.1, -0.05) is 30.3 Å². The van der Waals surface area contributed by atoms with Gasteiger partial charge in [0, 0.05) is 30.2 Å². The number of hydrogen-bond donors (Lipinski definition) is 1. The molecule has 0 spiro atoms. The van der Waals surface area contributed by atoms with E-state index in [2.05, 4.69) is 5.32 Å². The van der Waals surface area contributed by atoms with Crippen LogP contribution in [0.15, 0.2) is 75.8 Å². The monoisotopic (exact) mass is 522 g/mol. The number of amides is 2. The molecule has 0 radical (unpaired) electrons. The second-order valence-electron chi connectivity index (χ2n) is 9.28. The minimum Gasteiger partial charge on any atom is -0.468 e. The molecule has 5 rings (SSSR count). The van der Waals surface area contributed by atoms with Crippen LogP contribution in [0.1, 0.15) is 51.8 Å². The van der Waals surface area contributed by atoms with Crippen molar-refractivity contribution in [2.75, 3.05) is 18.4 Å². The molecular weight excluding hydrogens is 497 g/mol. The van der Waals surface area contributed by atoms with Crippen molar-refractivity contribution in [1.29, 1.82) is 0 Å². The summed E-state index contributed by atoms with van der Waals surface area (Å²) >= 11 is 0. The van der Waals surface area contributed by atoms with Crippen LogP contribution in [-0.4, -0.2) is 29.8 Å². The smallest absolute Gasteiger partial charge is 0.420 e. The van der Waals surface area contributed by atoms with Crippen LogP contribution in [0.4, 0.5) is 18.9 Å². The second kappa shape index (κ2) is 10.2. The lowest BCUT2D eigenvalue weighted by atomic mass is 9.89. The molecule has 1 saturated heterocycles. The molecule has 0 atom stereocenters. The highest BCUT2D eigenvalue weighted by molar-refractivity contribution is 6.02. The molecule has 1 N–H and O–H groups in total. The summed E-state index contributed by atoms with van der Waals surface area (Å²) in [6, 6.07) is 16.9. The first-order valence-corrected chi connectivity index (χ1v) is 12.2. The molecule has 0 saturated carbocycles. The number of rotatable bonds is 5. The molecule has 9 heteroatoms. The van der Waals surface area contributed by atoms with E-state index >= 15 is 0 Å². The zero-order valence-electron chi connectivity index (χ0n) is 20.5. The first-order chi connectivity index (χ1) is 18.2. The van der Waals surface area contributed by atoms with Gasteiger partial charge in [0.2, 0.25) is 5.91 Å². The van der Waals surface area contributed by atoms with Gasteiger partial charge in [0.15, 0.2) is 0 Å². The maximum Gasteiger partial charge on any atom is 0.420 e. The Kier molecular flexibility index (Phi) is 6.84. The molecule has 4 aromatic rings. The molecule has 0 bridgehead atoms.